The maximum Gasteiger partial charge on any atom is 0.0926 e. The van der Waals surface area contributed by atoms with Gasteiger partial charge in [-0.2, -0.15) is 0 Å². The lowest BCUT2D eigenvalue weighted by atomic mass is 10.2. The Labute approximate surface area is 60.0 Å². The van der Waals surface area contributed by atoms with Gasteiger partial charge in [-0.05, 0) is 12.8 Å². The maximum atomic E-state index is 5.08. The molecule has 0 unspecified atom stereocenters. The summed E-state index contributed by atoms with van der Waals surface area (Å²) in [6, 6.07) is 1.19. The van der Waals surface area contributed by atoms with Gasteiger partial charge in [-0.25, -0.2) is 0 Å². The zero-order chi connectivity index (χ0) is 6.27. The summed E-state index contributed by atoms with van der Waals surface area (Å²) in [6.45, 7) is 1.04. The quantitative estimate of drug-likeness (QED) is 0.467. The molecule has 0 aliphatic carbocycles. The molecule has 2 N–H and O–H groups in total. The molecule has 50 valence electrons. The topological polar surface area (TPSA) is 24.1 Å². The fraction of sp³-hybridized carbons (Fsp3) is 0.833. The van der Waals surface area contributed by atoms with Crippen molar-refractivity contribution >= 4 is 17.2 Å². The van der Waals surface area contributed by atoms with Gasteiger partial charge in [0.2, 0.25) is 0 Å². The average molecular weight is 142 g/mol. The molecular weight excluding hydrogens is 132 g/mol. The third-order valence-electron chi connectivity index (χ3n) is 2.08. The number of piperazine rings is 1. The molecule has 0 radical (unpaired) electrons. The number of thiocarbonyl (C=S) groups is 1. The first-order chi connectivity index (χ1) is 4.36. The molecule has 0 spiro atoms. The molecule has 2 atom stereocenters. The highest BCUT2D eigenvalue weighted by atomic mass is 32.1. The minimum absolute atomic E-state index is 0.499. The lowest BCUT2D eigenvalue weighted by Gasteiger charge is -2.23. The summed E-state index contributed by atoms with van der Waals surface area (Å²) in [4.78, 5) is 1.02. The molecule has 0 aromatic carbocycles. The molecule has 2 aliphatic rings. The van der Waals surface area contributed by atoms with Crippen molar-refractivity contribution in [2.75, 3.05) is 6.54 Å². The van der Waals surface area contributed by atoms with Crippen LogP contribution in [0, 0.1) is 0 Å². The molecule has 2 bridgehead atoms. The van der Waals surface area contributed by atoms with E-state index in [2.05, 4.69) is 10.6 Å². The van der Waals surface area contributed by atoms with E-state index < -0.39 is 0 Å². The van der Waals surface area contributed by atoms with Crippen LogP contribution in [0.4, 0.5) is 0 Å². The number of rotatable bonds is 0. The summed E-state index contributed by atoms with van der Waals surface area (Å²) in [5.74, 6) is 0. The monoisotopic (exact) mass is 142 g/mol. The van der Waals surface area contributed by atoms with Crippen LogP contribution >= 0.6 is 12.2 Å². The third kappa shape index (κ3) is 0.843. The normalized spacial score (nSPS) is 40.7. The highest BCUT2D eigenvalue weighted by Crippen LogP contribution is 2.15. The van der Waals surface area contributed by atoms with Crippen molar-refractivity contribution in [3.63, 3.8) is 0 Å². The minimum Gasteiger partial charge on any atom is -0.377 e. The highest BCUT2D eigenvalue weighted by Gasteiger charge is 2.30. The van der Waals surface area contributed by atoms with Gasteiger partial charge < -0.3 is 10.6 Å². The lowest BCUT2D eigenvalue weighted by Crippen LogP contribution is -2.51. The zero-order valence-electron chi connectivity index (χ0n) is 5.18. The van der Waals surface area contributed by atoms with E-state index in [0.29, 0.717) is 12.1 Å². The molecule has 9 heavy (non-hydrogen) atoms. The van der Waals surface area contributed by atoms with Crippen LogP contribution in [0.15, 0.2) is 0 Å². The summed E-state index contributed by atoms with van der Waals surface area (Å²) < 4.78 is 0. The summed E-state index contributed by atoms with van der Waals surface area (Å²) in [6.07, 6.45) is 2.52. The molecule has 0 saturated carbocycles. The Morgan fingerprint density at radius 3 is 3.11 bits per heavy atom. The summed E-state index contributed by atoms with van der Waals surface area (Å²) >= 11 is 5.08. The van der Waals surface area contributed by atoms with Gasteiger partial charge in [0.25, 0.3) is 0 Å². The highest BCUT2D eigenvalue weighted by molar-refractivity contribution is 7.80. The average Bonchev–Trinajstić information content (AvgIpc) is 2.25. The van der Waals surface area contributed by atoms with Crippen LogP contribution in [0.5, 0.6) is 0 Å². The Morgan fingerprint density at radius 2 is 2.33 bits per heavy atom. The van der Waals surface area contributed by atoms with E-state index in [9.17, 15) is 0 Å². The molecule has 2 aliphatic heterocycles. The van der Waals surface area contributed by atoms with E-state index in [0.717, 1.165) is 11.5 Å². The standard InChI is InChI=1S/C6H10N2S/c9-6-5-2-1-4(8-5)3-7-6/h4-5,8H,1-3H2,(H,7,9)/t4-,5+/m1/s1. The van der Waals surface area contributed by atoms with E-state index in [1.807, 2.05) is 0 Å². The van der Waals surface area contributed by atoms with Gasteiger partial charge in [0.15, 0.2) is 0 Å². The van der Waals surface area contributed by atoms with Gasteiger partial charge in [0.05, 0.1) is 11.0 Å². The Kier molecular flexibility index (Phi) is 1.20. The van der Waals surface area contributed by atoms with Crippen molar-refractivity contribution in [2.24, 2.45) is 0 Å². The van der Waals surface area contributed by atoms with Crippen LogP contribution < -0.4 is 10.6 Å². The third-order valence-corrected chi connectivity index (χ3v) is 2.51. The summed E-state index contributed by atoms with van der Waals surface area (Å²) in [5, 5.41) is 6.65. The van der Waals surface area contributed by atoms with Gasteiger partial charge in [-0.3, -0.25) is 0 Å². The van der Waals surface area contributed by atoms with E-state index in [1.165, 1.54) is 12.8 Å². The van der Waals surface area contributed by atoms with Crippen LogP contribution in [0.25, 0.3) is 0 Å². The van der Waals surface area contributed by atoms with Crippen molar-refractivity contribution in [3.05, 3.63) is 0 Å². The fourth-order valence-corrected chi connectivity index (χ4v) is 1.80. The van der Waals surface area contributed by atoms with Crippen LogP contribution in [0.2, 0.25) is 0 Å². The van der Waals surface area contributed by atoms with Crippen LogP contribution in [0.1, 0.15) is 12.8 Å². The number of nitrogens with one attached hydrogen (secondary N) is 2. The predicted octanol–water partition coefficient (Wildman–Crippen LogP) is 0.0376. The van der Waals surface area contributed by atoms with Crippen molar-refractivity contribution in [2.45, 2.75) is 24.9 Å². The predicted molar refractivity (Wildman–Crippen MR) is 40.5 cm³/mol. The second-order valence-corrected chi connectivity index (χ2v) is 3.18. The summed E-state index contributed by atoms with van der Waals surface area (Å²) in [7, 11) is 0. The molecule has 2 heterocycles. The van der Waals surface area contributed by atoms with Crippen molar-refractivity contribution in [3.8, 4) is 0 Å². The smallest absolute Gasteiger partial charge is 0.0926 e. The minimum atomic E-state index is 0.499. The van der Waals surface area contributed by atoms with Crippen LogP contribution in [-0.4, -0.2) is 23.6 Å². The molecule has 2 saturated heterocycles. The van der Waals surface area contributed by atoms with Crippen molar-refractivity contribution in [1.82, 2.24) is 10.6 Å². The summed E-state index contributed by atoms with van der Waals surface area (Å²) in [5.41, 5.74) is 0. The molecule has 0 amide bonds. The molecule has 2 nitrogen and oxygen atoms in total. The Bertz CT molecular complexity index is 146. The Hall–Kier alpha value is -0.150. The molecule has 0 aromatic rings. The van der Waals surface area contributed by atoms with Gasteiger partial charge in [0, 0.05) is 12.6 Å². The van der Waals surface area contributed by atoms with Gasteiger partial charge in [-0.1, -0.05) is 12.2 Å². The second kappa shape index (κ2) is 1.92. The maximum absolute atomic E-state index is 5.08. The van der Waals surface area contributed by atoms with Crippen LogP contribution in [-0.2, 0) is 0 Å². The zero-order valence-corrected chi connectivity index (χ0v) is 6.00. The Balaban J connectivity index is 2.14. The second-order valence-electron chi connectivity index (χ2n) is 2.74. The first-order valence-corrected chi connectivity index (χ1v) is 3.81. The van der Waals surface area contributed by atoms with Crippen LogP contribution in [0.3, 0.4) is 0 Å². The molecule has 2 fully saturated rings. The van der Waals surface area contributed by atoms with Crippen molar-refractivity contribution in [1.29, 1.82) is 0 Å². The van der Waals surface area contributed by atoms with E-state index in [-0.39, 0.29) is 0 Å². The number of hydrogen-bond acceptors (Lipinski definition) is 2. The van der Waals surface area contributed by atoms with E-state index >= 15 is 0 Å². The molecule has 3 heteroatoms. The van der Waals surface area contributed by atoms with E-state index in [1.54, 1.807) is 0 Å². The number of hydrogen-bond donors (Lipinski definition) is 2. The Morgan fingerprint density at radius 1 is 1.44 bits per heavy atom. The lowest BCUT2D eigenvalue weighted by molar-refractivity contribution is 0.541. The number of fused-ring (bicyclic) bond motifs is 2. The fourth-order valence-electron chi connectivity index (χ4n) is 1.53. The van der Waals surface area contributed by atoms with Gasteiger partial charge >= 0.3 is 0 Å². The van der Waals surface area contributed by atoms with Gasteiger partial charge in [0.1, 0.15) is 0 Å². The molecule has 2 rings (SSSR count). The largest absolute Gasteiger partial charge is 0.377 e. The van der Waals surface area contributed by atoms with Crippen molar-refractivity contribution < 1.29 is 0 Å². The molecule has 0 aromatic heterocycles. The van der Waals surface area contributed by atoms with Gasteiger partial charge in [-0.15, -0.1) is 0 Å². The first-order valence-electron chi connectivity index (χ1n) is 3.40. The SMILES string of the molecule is S=C1NC[C@H]2CC[C@@H]1N2. The molecular formula is C6H10N2S. The van der Waals surface area contributed by atoms with E-state index in [4.69, 9.17) is 12.2 Å². The first kappa shape index (κ1) is 5.62.